The molecule has 0 atom stereocenters. The molecule has 0 nitrogen and oxygen atoms in total. The average Bonchev–Trinajstić information content (AvgIpc) is 1.64. The van der Waals surface area contributed by atoms with Crippen LogP contribution in [-0.2, 0) is 0 Å². The minimum absolute atomic E-state index is 0. The molecule has 0 bridgehead atoms. The van der Waals surface area contributed by atoms with Crippen LogP contribution < -0.4 is 12.4 Å². The van der Waals surface area contributed by atoms with Gasteiger partial charge in [-0.3, -0.25) is 0 Å². The summed E-state index contributed by atoms with van der Waals surface area (Å²) in [4.78, 5) is 0. The maximum Gasteiger partial charge on any atom is 0.0586 e. The van der Waals surface area contributed by atoms with Gasteiger partial charge in [0.25, 0.3) is 0 Å². The topological polar surface area (TPSA) is 0 Å². The maximum atomic E-state index is 2.47. The first kappa shape index (κ1) is 13.3. The van der Waals surface area contributed by atoms with E-state index in [1.807, 2.05) is 0 Å². The highest BCUT2D eigenvalue weighted by molar-refractivity contribution is 7.74. The molecule has 2 heteroatoms. The largest absolute Gasteiger partial charge is 1.00 e. The fraction of sp³-hybridized carbons (Fsp3) is 1.00. The molecule has 0 radical (unpaired) electrons. The summed E-state index contributed by atoms with van der Waals surface area (Å²) in [6.07, 6.45) is 5.73. The highest BCUT2D eigenvalue weighted by atomic mass is 35.5. The van der Waals surface area contributed by atoms with Crippen LogP contribution in [0.5, 0.6) is 0 Å². The Balaban J connectivity index is 0. The molecule has 0 aliphatic rings. The van der Waals surface area contributed by atoms with Crippen molar-refractivity contribution in [2.75, 3.05) is 25.7 Å². The Labute approximate surface area is 72.5 Å². The number of rotatable bonds is 4. The Morgan fingerprint density at radius 1 is 0.900 bits per heavy atom. The summed E-state index contributed by atoms with van der Waals surface area (Å²) in [6.45, 7) is 9.52. The molecule has 0 aliphatic carbocycles. The van der Waals surface area contributed by atoms with Gasteiger partial charge < -0.3 is 12.4 Å². The van der Waals surface area contributed by atoms with Gasteiger partial charge in [-0.2, -0.15) is 0 Å². The van der Waals surface area contributed by atoms with Crippen molar-refractivity contribution in [1.82, 2.24) is 0 Å². The van der Waals surface area contributed by atoms with Gasteiger partial charge >= 0.3 is 0 Å². The second-order valence-electron chi connectivity index (χ2n) is 3.38. The third-order valence-electron chi connectivity index (χ3n) is 1.66. The zero-order chi connectivity index (χ0) is 7.33. The van der Waals surface area contributed by atoms with Crippen LogP contribution in [0.15, 0.2) is 0 Å². The second kappa shape index (κ2) is 6.43. The molecule has 0 fully saturated rings. The van der Waals surface area contributed by atoms with E-state index in [-0.39, 0.29) is 12.4 Å². The van der Waals surface area contributed by atoms with E-state index in [1.165, 1.54) is 25.2 Å². The first-order valence-electron chi connectivity index (χ1n) is 3.94. The molecule has 0 aromatic rings. The van der Waals surface area contributed by atoms with Gasteiger partial charge in [-0.25, -0.2) is 0 Å². The molecule has 0 amide bonds. The summed E-state index contributed by atoms with van der Waals surface area (Å²) in [5, 5.41) is 0. The van der Waals surface area contributed by atoms with Crippen LogP contribution in [0.4, 0.5) is 0 Å². The highest BCUT2D eigenvalue weighted by Crippen LogP contribution is 2.51. The zero-order valence-electron chi connectivity index (χ0n) is 7.65. The van der Waals surface area contributed by atoms with Crippen molar-refractivity contribution in [3.8, 4) is 0 Å². The van der Waals surface area contributed by atoms with Crippen LogP contribution in [0.3, 0.4) is 0 Å². The van der Waals surface area contributed by atoms with Gasteiger partial charge in [0.1, 0.15) is 0 Å². The monoisotopic (exact) mass is 182 g/mol. The lowest BCUT2D eigenvalue weighted by Crippen LogP contribution is -3.00. The highest BCUT2D eigenvalue weighted by Gasteiger charge is 2.21. The SMILES string of the molecule is CCC[P+](C)(C)CCC.[Cl-]. The summed E-state index contributed by atoms with van der Waals surface area (Å²) in [5.74, 6) is 0. The van der Waals surface area contributed by atoms with Crippen LogP contribution >= 0.6 is 7.26 Å². The van der Waals surface area contributed by atoms with Crippen LogP contribution in [0, 0.1) is 0 Å². The van der Waals surface area contributed by atoms with Gasteiger partial charge in [0.2, 0.25) is 0 Å². The first-order valence-corrected chi connectivity index (χ1v) is 6.99. The molecular formula is C8H20ClP. The van der Waals surface area contributed by atoms with E-state index in [2.05, 4.69) is 27.2 Å². The Hall–Kier alpha value is 0.720. The van der Waals surface area contributed by atoms with E-state index in [0.717, 1.165) is 0 Å². The van der Waals surface area contributed by atoms with E-state index in [9.17, 15) is 0 Å². The Kier molecular flexibility index (Phi) is 8.57. The van der Waals surface area contributed by atoms with Crippen molar-refractivity contribution in [2.24, 2.45) is 0 Å². The molecule has 0 saturated heterocycles. The van der Waals surface area contributed by atoms with Crippen molar-refractivity contribution in [3.63, 3.8) is 0 Å². The molecule has 0 saturated carbocycles. The molecular weight excluding hydrogens is 163 g/mol. The first-order chi connectivity index (χ1) is 4.12. The van der Waals surface area contributed by atoms with E-state index in [4.69, 9.17) is 0 Å². The molecule has 0 rings (SSSR count). The van der Waals surface area contributed by atoms with Gasteiger partial charge in [-0.15, -0.1) is 0 Å². The lowest BCUT2D eigenvalue weighted by atomic mass is 10.6. The number of hydrogen-bond acceptors (Lipinski definition) is 0. The van der Waals surface area contributed by atoms with Crippen LogP contribution in [0.2, 0.25) is 0 Å². The Morgan fingerprint density at radius 2 is 1.20 bits per heavy atom. The van der Waals surface area contributed by atoms with Crippen LogP contribution in [0.25, 0.3) is 0 Å². The third-order valence-corrected chi connectivity index (χ3v) is 4.97. The predicted octanol–water partition coefficient (Wildman–Crippen LogP) is 0.0876. The molecule has 0 N–H and O–H groups in total. The van der Waals surface area contributed by atoms with E-state index >= 15 is 0 Å². The van der Waals surface area contributed by atoms with Gasteiger partial charge in [-0.1, -0.05) is 13.8 Å². The van der Waals surface area contributed by atoms with Crippen molar-refractivity contribution in [1.29, 1.82) is 0 Å². The van der Waals surface area contributed by atoms with Gasteiger partial charge in [0, 0.05) is 20.6 Å². The fourth-order valence-electron chi connectivity index (χ4n) is 1.32. The summed E-state index contributed by atoms with van der Waals surface area (Å²) in [7, 11) is -0.443. The standard InChI is InChI=1S/C8H20P.ClH/c1-5-7-9(3,4)8-6-2;/h5-8H2,1-4H3;1H/q+1;/p-1. The van der Waals surface area contributed by atoms with Crippen molar-refractivity contribution in [3.05, 3.63) is 0 Å². The number of hydrogen-bond donors (Lipinski definition) is 0. The van der Waals surface area contributed by atoms with Gasteiger partial charge in [0.15, 0.2) is 0 Å². The van der Waals surface area contributed by atoms with E-state index in [1.54, 1.807) is 0 Å². The molecule has 10 heavy (non-hydrogen) atoms. The minimum Gasteiger partial charge on any atom is -1.00 e. The fourth-order valence-corrected chi connectivity index (χ4v) is 3.97. The molecule has 0 spiro atoms. The molecule has 0 aromatic heterocycles. The van der Waals surface area contributed by atoms with Crippen LogP contribution in [0.1, 0.15) is 26.7 Å². The summed E-state index contributed by atoms with van der Waals surface area (Å²) in [5.41, 5.74) is 0. The zero-order valence-corrected chi connectivity index (χ0v) is 9.30. The van der Waals surface area contributed by atoms with Crippen molar-refractivity contribution in [2.45, 2.75) is 26.7 Å². The molecule has 0 aliphatic heterocycles. The molecule has 0 aromatic carbocycles. The molecule has 64 valence electrons. The minimum atomic E-state index is -0.443. The maximum absolute atomic E-state index is 2.47. The second-order valence-corrected chi connectivity index (χ2v) is 8.15. The van der Waals surface area contributed by atoms with Crippen LogP contribution in [-0.4, -0.2) is 25.7 Å². The average molecular weight is 183 g/mol. The smallest absolute Gasteiger partial charge is 0.0586 e. The Morgan fingerprint density at radius 3 is 1.40 bits per heavy atom. The molecule has 0 unspecified atom stereocenters. The van der Waals surface area contributed by atoms with E-state index < -0.39 is 7.26 Å². The summed E-state index contributed by atoms with van der Waals surface area (Å²) in [6, 6.07) is 0. The lowest BCUT2D eigenvalue weighted by molar-refractivity contribution is -0.00000234. The normalized spacial score (nSPS) is 10.8. The predicted molar refractivity (Wildman–Crippen MR) is 49.1 cm³/mol. The van der Waals surface area contributed by atoms with Gasteiger partial charge in [-0.05, 0) is 12.8 Å². The van der Waals surface area contributed by atoms with E-state index in [0.29, 0.717) is 0 Å². The molecule has 0 heterocycles. The number of halogens is 1. The third kappa shape index (κ3) is 6.83. The quantitative estimate of drug-likeness (QED) is 0.541. The summed E-state index contributed by atoms with van der Waals surface area (Å²) >= 11 is 0. The lowest BCUT2D eigenvalue weighted by Gasteiger charge is -2.15. The Bertz CT molecular complexity index is 63.7. The van der Waals surface area contributed by atoms with Crippen molar-refractivity contribution >= 4 is 7.26 Å². The summed E-state index contributed by atoms with van der Waals surface area (Å²) < 4.78 is 0. The van der Waals surface area contributed by atoms with Crippen molar-refractivity contribution < 1.29 is 12.4 Å². The van der Waals surface area contributed by atoms with Gasteiger partial charge in [0.05, 0.1) is 12.3 Å².